The smallest absolute Gasteiger partial charge is 0.243 e. The summed E-state index contributed by atoms with van der Waals surface area (Å²) in [6.07, 6.45) is 0.634. The van der Waals surface area contributed by atoms with Gasteiger partial charge in [-0.3, -0.25) is 9.69 Å². The third kappa shape index (κ3) is 5.37. The summed E-state index contributed by atoms with van der Waals surface area (Å²) in [5.41, 5.74) is 0.960. The van der Waals surface area contributed by atoms with Gasteiger partial charge in [0.25, 0.3) is 0 Å². The number of hydrogen-bond donors (Lipinski definition) is 1. The SMILES string of the molecule is O=C(CN1CCN(S(=O)(=O)c2ccccc2)CC1)NCCc1ccc(F)cc1. The minimum atomic E-state index is -3.48. The number of hydrogen-bond acceptors (Lipinski definition) is 4. The Labute approximate surface area is 165 Å². The van der Waals surface area contributed by atoms with Crippen molar-refractivity contribution < 1.29 is 17.6 Å². The molecule has 0 radical (unpaired) electrons. The van der Waals surface area contributed by atoms with Crippen LogP contribution in [0.1, 0.15) is 5.56 Å². The van der Waals surface area contributed by atoms with Crippen LogP contribution in [0.4, 0.5) is 4.39 Å². The van der Waals surface area contributed by atoms with Crippen LogP contribution >= 0.6 is 0 Å². The van der Waals surface area contributed by atoms with Crippen molar-refractivity contribution in [2.45, 2.75) is 11.3 Å². The van der Waals surface area contributed by atoms with E-state index in [1.54, 1.807) is 42.5 Å². The van der Waals surface area contributed by atoms with E-state index in [1.807, 2.05) is 4.90 Å². The maximum Gasteiger partial charge on any atom is 0.243 e. The summed E-state index contributed by atoms with van der Waals surface area (Å²) in [6.45, 7) is 2.46. The van der Waals surface area contributed by atoms with Crippen LogP contribution in [0.15, 0.2) is 59.5 Å². The van der Waals surface area contributed by atoms with Crippen molar-refractivity contribution in [1.29, 1.82) is 0 Å². The summed E-state index contributed by atoms with van der Waals surface area (Å²) in [5, 5.41) is 2.85. The molecular formula is C20H24FN3O3S. The molecule has 150 valence electrons. The van der Waals surface area contributed by atoms with Crippen LogP contribution < -0.4 is 5.32 Å². The number of nitrogens with zero attached hydrogens (tertiary/aromatic N) is 2. The Bertz CT molecular complexity index is 881. The van der Waals surface area contributed by atoms with Gasteiger partial charge < -0.3 is 5.32 Å². The molecule has 2 aromatic carbocycles. The Hall–Kier alpha value is -2.29. The molecule has 0 unspecified atom stereocenters. The number of halogens is 1. The number of nitrogens with one attached hydrogen (secondary N) is 1. The summed E-state index contributed by atoms with van der Waals surface area (Å²) >= 11 is 0. The zero-order valence-corrected chi connectivity index (χ0v) is 16.4. The Morgan fingerprint density at radius 1 is 0.964 bits per heavy atom. The fourth-order valence-electron chi connectivity index (χ4n) is 3.13. The van der Waals surface area contributed by atoms with E-state index in [9.17, 15) is 17.6 Å². The molecule has 1 aliphatic rings. The van der Waals surface area contributed by atoms with Crippen LogP contribution in [0.3, 0.4) is 0 Å². The fraction of sp³-hybridized carbons (Fsp3) is 0.350. The molecule has 0 spiro atoms. The van der Waals surface area contributed by atoms with Gasteiger partial charge in [-0.1, -0.05) is 30.3 Å². The lowest BCUT2D eigenvalue weighted by Gasteiger charge is -2.33. The summed E-state index contributed by atoms with van der Waals surface area (Å²) < 4.78 is 39.6. The predicted octanol–water partition coefficient (Wildman–Crippen LogP) is 1.49. The number of carbonyl (C=O) groups excluding carboxylic acids is 1. The monoisotopic (exact) mass is 405 g/mol. The quantitative estimate of drug-likeness (QED) is 0.758. The molecule has 1 heterocycles. The van der Waals surface area contributed by atoms with E-state index in [-0.39, 0.29) is 18.3 Å². The number of piperazine rings is 1. The average molecular weight is 405 g/mol. The number of rotatable bonds is 7. The van der Waals surface area contributed by atoms with Gasteiger partial charge in [0.15, 0.2) is 0 Å². The number of carbonyl (C=O) groups is 1. The maximum absolute atomic E-state index is 12.9. The molecule has 1 fully saturated rings. The van der Waals surface area contributed by atoms with Crippen LogP contribution in [-0.4, -0.2) is 62.8 Å². The van der Waals surface area contributed by atoms with Gasteiger partial charge in [-0.2, -0.15) is 4.31 Å². The largest absolute Gasteiger partial charge is 0.355 e. The van der Waals surface area contributed by atoms with Gasteiger partial charge in [0.2, 0.25) is 15.9 Å². The average Bonchev–Trinajstić information content (AvgIpc) is 2.70. The van der Waals surface area contributed by atoms with Crippen LogP contribution in [0.2, 0.25) is 0 Å². The third-order valence-corrected chi connectivity index (χ3v) is 6.64. The van der Waals surface area contributed by atoms with Crippen molar-refractivity contribution in [2.24, 2.45) is 0 Å². The van der Waals surface area contributed by atoms with E-state index in [0.717, 1.165) is 5.56 Å². The third-order valence-electron chi connectivity index (χ3n) is 4.73. The molecule has 0 bridgehead atoms. The van der Waals surface area contributed by atoms with E-state index >= 15 is 0 Å². The molecule has 0 aliphatic carbocycles. The number of amides is 1. The number of sulfonamides is 1. The number of benzene rings is 2. The zero-order chi connectivity index (χ0) is 20.0. The van der Waals surface area contributed by atoms with Crippen molar-refractivity contribution in [3.63, 3.8) is 0 Å². The minimum Gasteiger partial charge on any atom is -0.355 e. The zero-order valence-electron chi connectivity index (χ0n) is 15.6. The van der Waals surface area contributed by atoms with Crippen LogP contribution in [0, 0.1) is 5.82 Å². The molecule has 8 heteroatoms. The maximum atomic E-state index is 12.9. The first-order valence-corrected chi connectivity index (χ1v) is 10.7. The standard InChI is InChI=1S/C20H24FN3O3S/c21-18-8-6-17(7-9-18)10-11-22-20(25)16-23-12-14-24(15-13-23)28(26,27)19-4-2-1-3-5-19/h1-9H,10-16H2,(H,22,25). The van der Waals surface area contributed by atoms with Crippen molar-refractivity contribution >= 4 is 15.9 Å². The summed E-state index contributed by atoms with van der Waals surface area (Å²) in [4.78, 5) is 14.4. The molecule has 2 aromatic rings. The minimum absolute atomic E-state index is 0.0959. The van der Waals surface area contributed by atoms with E-state index in [0.29, 0.717) is 44.0 Å². The van der Waals surface area contributed by atoms with Crippen molar-refractivity contribution in [2.75, 3.05) is 39.3 Å². The molecule has 0 saturated carbocycles. The van der Waals surface area contributed by atoms with Crippen molar-refractivity contribution in [3.05, 3.63) is 66.0 Å². The molecule has 0 aromatic heterocycles. The predicted molar refractivity (Wildman–Crippen MR) is 105 cm³/mol. The van der Waals surface area contributed by atoms with Crippen LogP contribution in [0.5, 0.6) is 0 Å². The van der Waals surface area contributed by atoms with E-state index in [1.165, 1.54) is 16.4 Å². The lowest BCUT2D eigenvalue weighted by Crippen LogP contribution is -2.51. The van der Waals surface area contributed by atoms with Gasteiger partial charge in [-0.05, 0) is 36.2 Å². The molecule has 1 aliphatic heterocycles. The first-order valence-electron chi connectivity index (χ1n) is 9.24. The first-order chi connectivity index (χ1) is 13.4. The van der Waals surface area contributed by atoms with E-state index in [4.69, 9.17) is 0 Å². The van der Waals surface area contributed by atoms with Gasteiger partial charge in [0, 0.05) is 32.7 Å². The van der Waals surface area contributed by atoms with Crippen LogP contribution in [0.25, 0.3) is 0 Å². The highest BCUT2D eigenvalue weighted by Gasteiger charge is 2.28. The highest BCUT2D eigenvalue weighted by atomic mass is 32.2. The van der Waals surface area contributed by atoms with E-state index in [2.05, 4.69) is 5.32 Å². The Morgan fingerprint density at radius 3 is 2.25 bits per heavy atom. The Balaban J connectivity index is 1.41. The first kappa shape index (κ1) is 20.4. The summed E-state index contributed by atoms with van der Waals surface area (Å²) in [7, 11) is -3.48. The molecule has 0 atom stereocenters. The molecule has 1 saturated heterocycles. The summed E-state index contributed by atoms with van der Waals surface area (Å²) in [5.74, 6) is -0.373. The second-order valence-electron chi connectivity index (χ2n) is 6.72. The van der Waals surface area contributed by atoms with Crippen LogP contribution in [-0.2, 0) is 21.2 Å². The van der Waals surface area contributed by atoms with Crippen molar-refractivity contribution in [3.8, 4) is 0 Å². The molecule has 1 amide bonds. The Kier molecular flexibility index (Phi) is 6.77. The highest BCUT2D eigenvalue weighted by Crippen LogP contribution is 2.17. The van der Waals surface area contributed by atoms with Gasteiger partial charge in [-0.15, -0.1) is 0 Å². The molecule has 3 rings (SSSR count). The lowest BCUT2D eigenvalue weighted by molar-refractivity contribution is -0.122. The van der Waals surface area contributed by atoms with Gasteiger partial charge >= 0.3 is 0 Å². The second-order valence-corrected chi connectivity index (χ2v) is 8.66. The normalized spacial score (nSPS) is 16.0. The lowest BCUT2D eigenvalue weighted by atomic mass is 10.1. The van der Waals surface area contributed by atoms with Gasteiger partial charge in [0.1, 0.15) is 5.82 Å². The molecule has 6 nitrogen and oxygen atoms in total. The van der Waals surface area contributed by atoms with Crippen molar-refractivity contribution in [1.82, 2.24) is 14.5 Å². The molecule has 1 N–H and O–H groups in total. The Morgan fingerprint density at radius 2 is 1.61 bits per heavy atom. The molecular weight excluding hydrogens is 381 g/mol. The topological polar surface area (TPSA) is 69.7 Å². The fourth-order valence-corrected chi connectivity index (χ4v) is 4.57. The highest BCUT2D eigenvalue weighted by molar-refractivity contribution is 7.89. The van der Waals surface area contributed by atoms with Gasteiger partial charge in [0.05, 0.1) is 11.4 Å². The summed E-state index contributed by atoms with van der Waals surface area (Å²) in [6, 6.07) is 14.6. The van der Waals surface area contributed by atoms with E-state index < -0.39 is 10.0 Å². The molecule has 28 heavy (non-hydrogen) atoms. The van der Waals surface area contributed by atoms with Gasteiger partial charge in [-0.25, -0.2) is 12.8 Å². The second kappa shape index (κ2) is 9.27.